The summed E-state index contributed by atoms with van der Waals surface area (Å²) in [7, 11) is 0. The molecule has 1 aliphatic heterocycles. The lowest BCUT2D eigenvalue weighted by molar-refractivity contribution is -0.132. The van der Waals surface area contributed by atoms with Crippen LogP contribution < -0.4 is 5.32 Å². The molecule has 22 heavy (non-hydrogen) atoms. The van der Waals surface area contributed by atoms with E-state index < -0.39 is 5.60 Å². The number of hydrogen-bond acceptors (Lipinski definition) is 4. The predicted molar refractivity (Wildman–Crippen MR) is 85.3 cm³/mol. The average Bonchev–Trinajstić information content (AvgIpc) is 2.91. The normalized spacial score (nSPS) is 24.2. The van der Waals surface area contributed by atoms with Crippen LogP contribution in [0.25, 0.3) is 0 Å². The fraction of sp³-hybridized carbons (Fsp3) is 0.500. The fourth-order valence-corrected chi connectivity index (χ4v) is 4.00. The molecule has 1 saturated heterocycles. The smallest absolute Gasteiger partial charge is 0.239 e. The molecule has 5 nitrogen and oxygen atoms in total. The van der Waals surface area contributed by atoms with Crippen molar-refractivity contribution in [2.75, 3.05) is 24.7 Å². The summed E-state index contributed by atoms with van der Waals surface area (Å²) in [5.74, 6) is 0.804. The van der Waals surface area contributed by atoms with Gasteiger partial charge in [0.05, 0.1) is 18.2 Å². The molecule has 0 bridgehead atoms. The van der Waals surface area contributed by atoms with Gasteiger partial charge in [0.15, 0.2) is 0 Å². The highest BCUT2D eigenvalue weighted by Gasteiger charge is 2.34. The molecule has 2 aliphatic rings. The third kappa shape index (κ3) is 3.13. The highest BCUT2D eigenvalue weighted by Crippen LogP contribution is 2.34. The van der Waals surface area contributed by atoms with Crippen LogP contribution in [0.5, 0.6) is 0 Å². The maximum absolute atomic E-state index is 12.0. The SMILES string of the molecule is O=C(CN1CSCC1=O)NCC1(O)CCCc2ccccc21. The molecule has 2 N–H and O–H groups in total. The maximum atomic E-state index is 12.0. The Hall–Kier alpha value is -1.53. The van der Waals surface area contributed by atoms with Crippen LogP contribution in [-0.2, 0) is 21.6 Å². The molecule has 0 aromatic heterocycles. The van der Waals surface area contributed by atoms with Crippen molar-refractivity contribution in [2.24, 2.45) is 0 Å². The first-order valence-corrected chi connectivity index (χ1v) is 8.67. The number of aryl methyl sites for hydroxylation is 1. The summed E-state index contributed by atoms with van der Waals surface area (Å²) in [5, 5.41) is 13.7. The molecule has 1 aliphatic carbocycles. The van der Waals surface area contributed by atoms with Crippen LogP contribution in [0.4, 0.5) is 0 Å². The first-order valence-electron chi connectivity index (χ1n) is 7.51. The number of benzene rings is 1. The maximum Gasteiger partial charge on any atom is 0.239 e. The van der Waals surface area contributed by atoms with Crippen LogP contribution in [0, 0.1) is 0 Å². The number of nitrogens with zero attached hydrogens (tertiary/aromatic N) is 1. The Labute approximate surface area is 134 Å². The summed E-state index contributed by atoms with van der Waals surface area (Å²) in [5.41, 5.74) is 1.06. The van der Waals surface area contributed by atoms with Crippen LogP contribution in [-0.4, -0.2) is 46.5 Å². The van der Waals surface area contributed by atoms with E-state index in [0.29, 0.717) is 18.1 Å². The highest BCUT2D eigenvalue weighted by atomic mass is 32.2. The van der Waals surface area contributed by atoms with Gasteiger partial charge in [-0.25, -0.2) is 0 Å². The van der Waals surface area contributed by atoms with Crippen molar-refractivity contribution in [3.05, 3.63) is 35.4 Å². The number of carbonyl (C=O) groups excluding carboxylic acids is 2. The van der Waals surface area contributed by atoms with E-state index in [1.165, 1.54) is 11.8 Å². The number of rotatable bonds is 4. The number of amides is 2. The zero-order valence-electron chi connectivity index (χ0n) is 12.4. The Morgan fingerprint density at radius 3 is 3.00 bits per heavy atom. The number of hydrogen-bond donors (Lipinski definition) is 2. The van der Waals surface area contributed by atoms with Gasteiger partial charge in [-0.05, 0) is 30.4 Å². The molecule has 118 valence electrons. The van der Waals surface area contributed by atoms with E-state index in [9.17, 15) is 14.7 Å². The van der Waals surface area contributed by atoms with E-state index in [1.54, 1.807) is 4.90 Å². The third-order valence-corrected chi connectivity index (χ3v) is 5.24. The molecule has 1 atom stereocenters. The summed E-state index contributed by atoms with van der Waals surface area (Å²) >= 11 is 1.52. The van der Waals surface area contributed by atoms with Gasteiger partial charge in [-0.1, -0.05) is 24.3 Å². The minimum atomic E-state index is -1.01. The molecular formula is C16H20N2O3S. The van der Waals surface area contributed by atoms with Crippen LogP contribution in [0.3, 0.4) is 0 Å². The Morgan fingerprint density at radius 2 is 2.23 bits per heavy atom. The van der Waals surface area contributed by atoms with Gasteiger partial charge in [-0.15, -0.1) is 11.8 Å². The van der Waals surface area contributed by atoms with E-state index in [0.717, 1.165) is 24.0 Å². The van der Waals surface area contributed by atoms with Crippen LogP contribution >= 0.6 is 11.8 Å². The lowest BCUT2D eigenvalue weighted by atomic mass is 9.79. The fourth-order valence-electron chi connectivity index (χ4n) is 3.10. The summed E-state index contributed by atoms with van der Waals surface area (Å²) in [6.07, 6.45) is 2.51. The Balaban J connectivity index is 1.61. The van der Waals surface area contributed by atoms with Crippen molar-refractivity contribution >= 4 is 23.6 Å². The van der Waals surface area contributed by atoms with Crippen molar-refractivity contribution in [2.45, 2.75) is 24.9 Å². The summed E-state index contributed by atoms with van der Waals surface area (Å²) in [4.78, 5) is 25.1. The number of carbonyl (C=O) groups is 2. The number of fused-ring (bicyclic) bond motifs is 1. The summed E-state index contributed by atoms with van der Waals surface area (Å²) in [6, 6.07) is 7.85. The van der Waals surface area contributed by atoms with Gasteiger partial charge in [0, 0.05) is 0 Å². The number of nitrogens with one attached hydrogen (secondary N) is 1. The van der Waals surface area contributed by atoms with Crippen molar-refractivity contribution in [1.82, 2.24) is 10.2 Å². The largest absolute Gasteiger partial charge is 0.383 e. The van der Waals surface area contributed by atoms with E-state index in [-0.39, 0.29) is 24.9 Å². The molecule has 6 heteroatoms. The quantitative estimate of drug-likeness (QED) is 0.863. The molecule has 1 aromatic carbocycles. The van der Waals surface area contributed by atoms with E-state index in [1.807, 2.05) is 24.3 Å². The van der Waals surface area contributed by atoms with Gasteiger partial charge in [-0.3, -0.25) is 9.59 Å². The van der Waals surface area contributed by atoms with Crippen LogP contribution in [0.2, 0.25) is 0 Å². The highest BCUT2D eigenvalue weighted by molar-refractivity contribution is 8.00. The van der Waals surface area contributed by atoms with Crippen molar-refractivity contribution in [1.29, 1.82) is 0 Å². The summed E-state index contributed by atoms with van der Waals surface area (Å²) < 4.78 is 0. The molecule has 1 aromatic rings. The Kier molecular flexibility index (Phi) is 4.40. The first kappa shape index (κ1) is 15.4. The molecule has 0 saturated carbocycles. The van der Waals surface area contributed by atoms with Gasteiger partial charge in [0.25, 0.3) is 0 Å². The topological polar surface area (TPSA) is 69.6 Å². The number of aliphatic hydroxyl groups is 1. The van der Waals surface area contributed by atoms with Crippen LogP contribution in [0.15, 0.2) is 24.3 Å². The van der Waals surface area contributed by atoms with E-state index in [2.05, 4.69) is 5.32 Å². The Bertz CT molecular complexity index is 593. The zero-order valence-corrected chi connectivity index (χ0v) is 13.2. The lowest BCUT2D eigenvalue weighted by Gasteiger charge is -2.34. The second-order valence-corrected chi connectivity index (χ2v) is 6.84. The predicted octanol–water partition coefficient (Wildman–Crippen LogP) is 0.860. The molecular weight excluding hydrogens is 300 g/mol. The first-order chi connectivity index (χ1) is 10.6. The molecule has 3 rings (SSSR count). The minimum absolute atomic E-state index is 0.00173. The standard InChI is InChI=1S/C16H20N2O3S/c19-14(8-18-11-22-9-15(18)20)17-10-16(21)7-3-5-12-4-1-2-6-13(12)16/h1-2,4,6,21H,3,5,7-11H2,(H,17,19). The second kappa shape index (κ2) is 6.30. The molecule has 1 fully saturated rings. The second-order valence-electron chi connectivity index (χ2n) is 5.89. The average molecular weight is 320 g/mol. The molecule has 0 spiro atoms. The van der Waals surface area contributed by atoms with Crippen molar-refractivity contribution in [3.8, 4) is 0 Å². The van der Waals surface area contributed by atoms with Gasteiger partial charge in [0.2, 0.25) is 11.8 Å². The van der Waals surface area contributed by atoms with E-state index >= 15 is 0 Å². The molecule has 1 unspecified atom stereocenters. The zero-order chi connectivity index (χ0) is 15.6. The Morgan fingerprint density at radius 1 is 1.41 bits per heavy atom. The van der Waals surface area contributed by atoms with E-state index in [4.69, 9.17) is 0 Å². The monoisotopic (exact) mass is 320 g/mol. The lowest BCUT2D eigenvalue weighted by Crippen LogP contribution is -2.46. The third-order valence-electron chi connectivity index (χ3n) is 4.29. The van der Waals surface area contributed by atoms with Crippen molar-refractivity contribution < 1.29 is 14.7 Å². The minimum Gasteiger partial charge on any atom is -0.383 e. The van der Waals surface area contributed by atoms with Gasteiger partial charge < -0.3 is 15.3 Å². The van der Waals surface area contributed by atoms with Gasteiger partial charge in [-0.2, -0.15) is 0 Å². The van der Waals surface area contributed by atoms with Gasteiger partial charge in [0.1, 0.15) is 12.1 Å². The number of thioether (sulfide) groups is 1. The molecule has 2 amide bonds. The molecule has 0 radical (unpaired) electrons. The van der Waals surface area contributed by atoms with Crippen molar-refractivity contribution in [3.63, 3.8) is 0 Å². The van der Waals surface area contributed by atoms with Crippen LogP contribution in [0.1, 0.15) is 24.0 Å². The molecule has 1 heterocycles. The summed E-state index contributed by atoms with van der Waals surface area (Å²) in [6.45, 7) is 0.265. The van der Waals surface area contributed by atoms with Gasteiger partial charge >= 0.3 is 0 Å².